The van der Waals surface area contributed by atoms with Crippen LogP contribution in [0.5, 0.6) is 0 Å². The number of hydrogen-bond donors (Lipinski definition) is 1. The minimum absolute atomic E-state index is 0.0531. The van der Waals surface area contributed by atoms with Gasteiger partial charge in [0.15, 0.2) is 0 Å². The molecule has 1 aliphatic carbocycles. The number of nitrogens with one attached hydrogen (secondary N) is 1. The van der Waals surface area contributed by atoms with Crippen molar-refractivity contribution < 1.29 is 4.79 Å². The van der Waals surface area contributed by atoms with Crippen LogP contribution in [-0.2, 0) is 4.79 Å². The summed E-state index contributed by atoms with van der Waals surface area (Å²) in [4.78, 5) is 15.2. The summed E-state index contributed by atoms with van der Waals surface area (Å²) in [5, 5.41) is 7.88. The van der Waals surface area contributed by atoms with Crippen molar-refractivity contribution >= 4 is 17.2 Å². The second-order valence-corrected chi connectivity index (χ2v) is 7.52. The van der Waals surface area contributed by atoms with Crippen LogP contribution in [0.1, 0.15) is 64.6 Å². The lowest BCUT2D eigenvalue weighted by Crippen LogP contribution is -2.45. The molecule has 1 aromatic rings. The summed E-state index contributed by atoms with van der Waals surface area (Å²) in [5.74, 6) is 1.13. The van der Waals surface area contributed by atoms with Gasteiger partial charge in [0.2, 0.25) is 5.91 Å². The maximum Gasteiger partial charge on any atom is 0.244 e. The van der Waals surface area contributed by atoms with Gasteiger partial charge >= 0.3 is 0 Å². The van der Waals surface area contributed by atoms with Crippen molar-refractivity contribution in [1.82, 2.24) is 10.2 Å². The van der Waals surface area contributed by atoms with E-state index in [9.17, 15) is 4.79 Å². The van der Waals surface area contributed by atoms with E-state index in [1.807, 2.05) is 0 Å². The summed E-state index contributed by atoms with van der Waals surface area (Å²) >= 11 is 1.71. The molecule has 3 atom stereocenters. The highest BCUT2D eigenvalue weighted by Crippen LogP contribution is 2.41. The van der Waals surface area contributed by atoms with Crippen LogP contribution in [0.4, 0.5) is 0 Å². The first kappa shape index (κ1) is 15.0. The molecular formula is C17H26N2OS. The van der Waals surface area contributed by atoms with Crippen molar-refractivity contribution in [1.29, 1.82) is 0 Å². The van der Waals surface area contributed by atoms with Crippen LogP contribution in [0.15, 0.2) is 16.8 Å². The predicted molar refractivity (Wildman–Crippen MR) is 87.2 cm³/mol. The minimum Gasteiger partial charge on any atom is -0.318 e. The number of carbonyl (C=O) groups excluding carboxylic acids is 1. The lowest BCUT2D eigenvalue weighted by molar-refractivity contribution is -0.135. The number of amides is 1. The molecule has 116 valence electrons. The van der Waals surface area contributed by atoms with Crippen molar-refractivity contribution in [3.63, 3.8) is 0 Å². The molecule has 1 aliphatic heterocycles. The minimum atomic E-state index is -0.413. The molecule has 21 heavy (non-hydrogen) atoms. The molecule has 4 heteroatoms. The molecule has 2 aliphatic rings. The highest BCUT2D eigenvalue weighted by Gasteiger charge is 2.49. The average molecular weight is 306 g/mol. The van der Waals surface area contributed by atoms with Gasteiger partial charge < -0.3 is 4.90 Å². The maximum absolute atomic E-state index is 13.0. The van der Waals surface area contributed by atoms with Crippen molar-refractivity contribution in [3.05, 3.63) is 22.4 Å². The van der Waals surface area contributed by atoms with Crippen molar-refractivity contribution in [2.45, 2.75) is 70.6 Å². The van der Waals surface area contributed by atoms with Crippen LogP contribution >= 0.6 is 11.3 Å². The molecule has 0 aromatic carbocycles. The van der Waals surface area contributed by atoms with Crippen LogP contribution in [0.3, 0.4) is 0 Å². The van der Waals surface area contributed by atoms with Crippen LogP contribution in [0.25, 0.3) is 0 Å². The molecule has 1 saturated carbocycles. The summed E-state index contributed by atoms with van der Waals surface area (Å²) in [6.45, 7) is 6.37. The zero-order valence-electron chi connectivity index (χ0n) is 13.3. The Hall–Kier alpha value is -0.870. The van der Waals surface area contributed by atoms with Crippen LogP contribution in [-0.4, -0.2) is 22.4 Å². The number of nitrogens with zero attached hydrogens (tertiary/aromatic N) is 1. The summed E-state index contributed by atoms with van der Waals surface area (Å²) in [7, 11) is 0. The predicted octanol–water partition coefficient (Wildman–Crippen LogP) is 3.93. The highest BCUT2D eigenvalue weighted by molar-refractivity contribution is 7.07. The van der Waals surface area contributed by atoms with Gasteiger partial charge in [-0.3, -0.25) is 10.1 Å². The normalized spacial score (nSPS) is 30.9. The molecular weight excluding hydrogens is 280 g/mol. The first-order valence-electron chi connectivity index (χ1n) is 8.21. The molecule has 3 rings (SSSR count). The Labute approximate surface area is 131 Å². The number of thiophene rings is 1. The molecule has 1 N–H and O–H groups in total. The van der Waals surface area contributed by atoms with Crippen LogP contribution < -0.4 is 5.32 Å². The third kappa shape index (κ3) is 2.76. The molecule has 1 saturated heterocycles. The quantitative estimate of drug-likeness (QED) is 0.864. The summed E-state index contributed by atoms with van der Waals surface area (Å²) < 4.78 is 0. The Morgan fingerprint density at radius 3 is 2.76 bits per heavy atom. The summed E-state index contributed by atoms with van der Waals surface area (Å²) in [6.07, 6.45) is 5.80. The molecule has 1 aromatic heterocycles. The standard InChI is InChI=1S/C17H26N2OS/c1-4-14(10-12-6-7-12)19-15(13-8-9-21-11-13)18-17(3,5-2)16(19)20/h8-9,11-12,14-15,18H,4-7,10H2,1-3H3. The fourth-order valence-corrected chi connectivity index (χ4v) is 4.03. The van der Waals surface area contributed by atoms with E-state index in [0.29, 0.717) is 6.04 Å². The Kier molecular flexibility index (Phi) is 4.10. The van der Waals surface area contributed by atoms with Gasteiger partial charge in [-0.25, -0.2) is 0 Å². The molecule has 0 radical (unpaired) electrons. The smallest absolute Gasteiger partial charge is 0.244 e. The molecule has 3 unspecified atom stereocenters. The largest absolute Gasteiger partial charge is 0.318 e. The topological polar surface area (TPSA) is 32.3 Å². The third-order valence-corrected chi connectivity index (χ3v) is 5.87. The van der Waals surface area contributed by atoms with E-state index in [1.54, 1.807) is 11.3 Å². The first-order valence-corrected chi connectivity index (χ1v) is 9.16. The average Bonchev–Trinajstić information content (AvgIpc) is 3.06. The van der Waals surface area contributed by atoms with Gasteiger partial charge in [0, 0.05) is 6.04 Å². The molecule has 3 nitrogen and oxygen atoms in total. The number of carbonyl (C=O) groups is 1. The van der Waals surface area contributed by atoms with Gasteiger partial charge in [-0.05, 0) is 54.5 Å². The van der Waals surface area contributed by atoms with E-state index in [-0.39, 0.29) is 12.1 Å². The second-order valence-electron chi connectivity index (χ2n) is 6.74. The van der Waals surface area contributed by atoms with E-state index >= 15 is 0 Å². The summed E-state index contributed by atoms with van der Waals surface area (Å²) in [5.41, 5.74) is 0.823. The Balaban J connectivity index is 1.90. The summed E-state index contributed by atoms with van der Waals surface area (Å²) in [6, 6.07) is 2.52. The van der Waals surface area contributed by atoms with Crippen LogP contribution in [0.2, 0.25) is 0 Å². The van der Waals surface area contributed by atoms with Crippen molar-refractivity contribution in [2.75, 3.05) is 0 Å². The van der Waals surface area contributed by atoms with Crippen molar-refractivity contribution in [3.8, 4) is 0 Å². The Bertz CT molecular complexity index is 497. The van der Waals surface area contributed by atoms with E-state index < -0.39 is 5.54 Å². The monoisotopic (exact) mass is 306 g/mol. The molecule has 0 bridgehead atoms. The second kappa shape index (κ2) is 5.73. The molecule has 2 heterocycles. The van der Waals surface area contributed by atoms with Gasteiger partial charge in [0.25, 0.3) is 0 Å². The molecule has 1 amide bonds. The fourth-order valence-electron chi connectivity index (χ4n) is 3.35. The lowest BCUT2D eigenvalue weighted by Gasteiger charge is -2.32. The van der Waals surface area contributed by atoms with Gasteiger partial charge in [0.1, 0.15) is 6.17 Å². The third-order valence-electron chi connectivity index (χ3n) is 5.17. The van der Waals surface area contributed by atoms with Crippen molar-refractivity contribution in [2.24, 2.45) is 5.92 Å². The Morgan fingerprint density at radius 2 is 2.24 bits per heavy atom. The zero-order chi connectivity index (χ0) is 15.0. The van der Waals surface area contributed by atoms with Gasteiger partial charge in [-0.1, -0.05) is 26.7 Å². The van der Waals surface area contributed by atoms with E-state index in [4.69, 9.17) is 0 Å². The van der Waals surface area contributed by atoms with E-state index in [2.05, 4.69) is 47.8 Å². The van der Waals surface area contributed by atoms with Gasteiger partial charge in [-0.2, -0.15) is 11.3 Å². The van der Waals surface area contributed by atoms with Crippen LogP contribution in [0, 0.1) is 5.92 Å². The molecule has 2 fully saturated rings. The maximum atomic E-state index is 13.0. The number of hydrogen-bond acceptors (Lipinski definition) is 3. The number of rotatable bonds is 6. The van der Waals surface area contributed by atoms with E-state index in [0.717, 1.165) is 18.8 Å². The zero-order valence-corrected chi connectivity index (χ0v) is 14.1. The highest BCUT2D eigenvalue weighted by atomic mass is 32.1. The van der Waals surface area contributed by atoms with Gasteiger partial charge in [0.05, 0.1) is 5.54 Å². The first-order chi connectivity index (χ1) is 10.1. The van der Waals surface area contributed by atoms with Gasteiger partial charge in [-0.15, -0.1) is 0 Å². The van der Waals surface area contributed by atoms with E-state index in [1.165, 1.54) is 24.8 Å². The Morgan fingerprint density at radius 1 is 1.48 bits per heavy atom. The fraction of sp³-hybridized carbons (Fsp3) is 0.706. The lowest BCUT2D eigenvalue weighted by atomic mass is 9.98. The SMILES string of the molecule is CCC(CC1CC1)N1C(=O)C(C)(CC)NC1c1ccsc1. The molecule has 0 spiro atoms.